The van der Waals surface area contributed by atoms with E-state index < -0.39 is 13.2 Å². The van der Waals surface area contributed by atoms with Crippen molar-refractivity contribution in [3.8, 4) is 5.75 Å². The van der Waals surface area contributed by atoms with Crippen molar-refractivity contribution in [2.45, 2.75) is 76.4 Å². The second-order valence-corrected chi connectivity index (χ2v) is 9.22. The van der Waals surface area contributed by atoms with Crippen LogP contribution in [0.15, 0.2) is 24.3 Å². The van der Waals surface area contributed by atoms with Crippen molar-refractivity contribution in [1.82, 2.24) is 5.32 Å². The summed E-state index contributed by atoms with van der Waals surface area (Å²) in [4.78, 5) is 21.5. The molecular weight excluding hydrogens is 377 g/mol. The Balaban J connectivity index is 1.80. The van der Waals surface area contributed by atoms with Gasteiger partial charge in [-0.15, -0.1) is 0 Å². The number of nitrogens with one attached hydrogen (secondary N) is 1. The predicted molar refractivity (Wildman–Crippen MR) is 110 cm³/mol. The standard InChI is InChI=1S/C21H32NO5P/c1-3-4-14-26-20(23)22-17(2)15-18-8-10-19(11-9-18)27-16-21(28(24)25)12-6-5-7-13-21/h8-11,17H,3-7,12-16H2,1-2H3,(H-,22,23,24,25)/p+1. The third kappa shape index (κ3) is 7.06. The van der Waals surface area contributed by atoms with E-state index in [9.17, 15) is 14.3 Å². The third-order valence-corrected chi connectivity index (χ3v) is 6.65. The number of unbranched alkanes of at least 4 members (excludes halogenated alkanes) is 1. The molecule has 156 valence electrons. The molecule has 2 atom stereocenters. The second kappa shape index (κ2) is 11.4. The van der Waals surface area contributed by atoms with Crippen LogP contribution in [0.25, 0.3) is 0 Å². The van der Waals surface area contributed by atoms with Gasteiger partial charge in [0.15, 0.2) is 0 Å². The molecule has 1 aliphatic carbocycles. The minimum Gasteiger partial charge on any atom is -0.488 e. The highest BCUT2D eigenvalue weighted by Gasteiger charge is 2.50. The zero-order chi connectivity index (χ0) is 20.4. The average Bonchev–Trinajstić information content (AvgIpc) is 2.68. The van der Waals surface area contributed by atoms with Crippen LogP contribution in [0, 0.1) is 0 Å². The third-order valence-electron chi connectivity index (χ3n) is 5.26. The summed E-state index contributed by atoms with van der Waals surface area (Å²) >= 11 is 0. The molecular formula is C21H33NO5P+. The van der Waals surface area contributed by atoms with E-state index in [0.29, 0.717) is 18.8 Å². The van der Waals surface area contributed by atoms with Crippen molar-refractivity contribution in [2.75, 3.05) is 13.2 Å². The van der Waals surface area contributed by atoms with Crippen LogP contribution in [-0.2, 0) is 15.7 Å². The Labute approximate surface area is 168 Å². The minimum atomic E-state index is -2.26. The fourth-order valence-corrected chi connectivity index (χ4v) is 4.37. The van der Waals surface area contributed by atoms with Gasteiger partial charge in [-0.2, -0.15) is 4.89 Å². The number of carbonyl (C=O) groups excluding carboxylic acids is 1. The Morgan fingerprint density at radius 3 is 2.54 bits per heavy atom. The van der Waals surface area contributed by atoms with E-state index in [2.05, 4.69) is 12.2 Å². The van der Waals surface area contributed by atoms with Gasteiger partial charge in [0.05, 0.1) is 6.61 Å². The van der Waals surface area contributed by atoms with Crippen LogP contribution in [0.5, 0.6) is 5.75 Å². The Kier molecular flexibility index (Phi) is 9.20. The van der Waals surface area contributed by atoms with Gasteiger partial charge in [-0.1, -0.05) is 31.9 Å². The van der Waals surface area contributed by atoms with Crippen LogP contribution in [0.2, 0.25) is 0 Å². The summed E-state index contributed by atoms with van der Waals surface area (Å²) in [6.07, 6.45) is 6.75. The summed E-state index contributed by atoms with van der Waals surface area (Å²) in [5.41, 5.74) is 1.08. The summed E-state index contributed by atoms with van der Waals surface area (Å²) in [6.45, 7) is 4.72. The molecule has 28 heavy (non-hydrogen) atoms. The monoisotopic (exact) mass is 410 g/mol. The van der Waals surface area contributed by atoms with Crippen molar-refractivity contribution in [3.63, 3.8) is 0 Å². The van der Waals surface area contributed by atoms with Crippen LogP contribution in [0.3, 0.4) is 0 Å². The summed E-state index contributed by atoms with van der Waals surface area (Å²) in [5.74, 6) is 0.699. The van der Waals surface area contributed by atoms with Gasteiger partial charge in [0.1, 0.15) is 12.4 Å². The fourth-order valence-electron chi connectivity index (χ4n) is 3.50. The molecule has 0 aliphatic heterocycles. The quantitative estimate of drug-likeness (QED) is 0.421. The Morgan fingerprint density at radius 2 is 1.93 bits per heavy atom. The lowest BCUT2D eigenvalue weighted by Gasteiger charge is -2.25. The summed E-state index contributed by atoms with van der Waals surface area (Å²) in [7, 11) is -2.26. The van der Waals surface area contributed by atoms with E-state index in [-0.39, 0.29) is 18.7 Å². The first-order valence-electron chi connectivity index (χ1n) is 10.3. The minimum absolute atomic E-state index is 0.0372. The van der Waals surface area contributed by atoms with Gasteiger partial charge in [-0.05, 0) is 54.9 Å². The molecule has 0 saturated heterocycles. The molecule has 1 fully saturated rings. The lowest BCUT2D eigenvalue weighted by Crippen LogP contribution is -2.35. The topological polar surface area (TPSA) is 84.9 Å². The molecule has 0 spiro atoms. The fraction of sp³-hybridized carbons (Fsp3) is 0.667. The number of benzene rings is 1. The van der Waals surface area contributed by atoms with E-state index >= 15 is 0 Å². The van der Waals surface area contributed by atoms with Crippen LogP contribution in [-0.4, -0.2) is 35.4 Å². The first kappa shape index (κ1) is 22.6. The first-order valence-corrected chi connectivity index (χ1v) is 11.5. The van der Waals surface area contributed by atoms with Crippen LogP contribution in [0.1, 0.15) is 64.4 Å². The SMILES string of the molecule is CCCCOC(=O)NC(C)Cc1ccc(OCC2([P+](=O)O)CCCCC2)cc1. The second-order valence-electron chi connectivity index (χ2n) is 7.73. The lowest BCUT2D eigenvalue weighted by atomic mass is 9.89. The number of ether oxygens (including phenoxy) is 2. The van der Waals surface area contributed by atoms with E-state index in [1.165, 1.54) is 0 Å². The largest absolute Gasteiger partial charge is 0.515 e. The van der Waals surface area contributed by atoms with Gasteiger partial charge in [0.25, 0.3) is 0 Å². The van der Waals surface area contributed by atoms with E-state index in [1.54, 1.807) is 0 Å². The molecule has 0 aromatic heterocycles. The van der Waals surface area contributed by atoms with Gasteiger partial charge >= 0.3 is 14.1 Å². The molecule has 1 saturated carbocycles. The van der Waals surface area contributed by atoms with Crippen LogP contribution in [0.4, 0.5) is 4.79 Å². The zero-order valence-electron chi connectivity index (χ0n) is 17.0. The molecule has 2 rings (SSSR count). The van der Waals surface area contributed by atoms with Crippen molar-refractivity contribution in [1.29, 1.82) is 0 Å². The number of amides is 1. The number of carbonyl (C=O) groups is 1. The zero-order valence-corrected chi connectivity index (χ0v) is 17.9. The molecule has 7 heteroatoms. The normalized spacial score (nSPS) is 17.5. The van der Waals surface area contributed by atoms with E-state index in [0.717, 1.165) is 50.5 Å². The smallest absolute Gasteiger partial charge is 0.488 e. The molecule has 1 aliphatic rings. The maximum Gasteiger partial charge on any atom is 0.515 e. The van der Waals surface area contributed by atoms with Gasteiger partial charge in [-0.3, -0.25) is 0 Å². The van der Waals surface area contributed by atoms with Gasteiger partial charge < -0.3 is 14.8 Å². The summed E-state index contributed by atoms with van der Waals surface area (Å²) in [5, 5.41) is 2.23. The van der Waals surface area contributed by atoms with E-state index in [4.69, 9.17) is 9.47 Å². The van der Waals surface area contributed by atoms with Crippen molar-refractivity contribution >= 4 is 14.1 Å². The average molecular weight is 410 g/mol. The van der Waals surface area contributed by atoms with Gasteiger partial charge in [0, 0.05) is 18.9 Å². The number of rotatable bonds is 10. The first-order chi connectivity index (χ1) is 13.4. The molecule has 0 radical (unpaired) electrons. The Hall–Kier alpha value is -1.65. The highest BCUT2D eigenvalue weighted by molar-refractivity contribution is 7.40. The summed E-state index contributed by atoms with van der Waals surface area (Å²) < 4.78 is 22.8. The lowest BCUT2D eigenvalue weighted by molar-refractivity contribution is 0.141. The molecule has 0 bridgehead atoms. The van der Waals surface area contributed by atoms with Crippen LogP contribution < -0.4 is 10.1 Å². The van der Waals surface area contributed by atoms with Crippen molar-refractivity contribution < 1.29 is 23.7 Å². The highest BCUT2D eigenvalue weighted by Crippen LogP contribution is 2.46. The van der Waals surface area contributed by atoms with E-state index in [1.807, 2.05) is 31.2 Å². The Bertz CT molecular complexity index is 628. The maximum absolute atomic E-state index is 11.9. The van der Waals surface area contributed by atoms with Crippen molar-refractivity contribution in [2.24, 2.45) is 0 Å². The molecule has 1 aromatic rings. The molecule has 0 heterocycles. The number of hydrogen-bond donors (Lipinski definition) is 2. The van der Waals surface area contributed by atoms with Gasteiger partial charge in [-0.25, -0.2) is 4.79 Å². The molecule has 2 N–H and O–H groups in total. The summed E-state index contributed by atoms with van der Waals surface area (Å²) in [6, 6.07) is 7.64. The molecule has 2 unspecified atom stereocenters. The van der Waals surface area contributed by atoms with Gasteiger partial charge in [0.2, 0.25) is 5.16 Å². The predicted octanol–water partition coefficient (Wildman–Crippen LogP) is 4.96. The van der Waals surface area contributed by atoms with Crippen LogP contribution >= 0.6 is 8.03 Å². The molecule has 1 aromatic carbocycles. The Morgan fingerprint density at radius 1 is 1.25 bits per heavy atom. The number of hydrogen-bond acceptors (Lipinski definition) is 4. The molecule has 6 nitrogen and oxygen atoms in total. The maximum atomic E-state index is 11.9. The number of alkyl carbamates (subject to hydrolysis) is 1. The van der Waals surface area contributed by atoms with Crippen molar-refractivity contribution in [3.05, 3.63) is 29.8 Å². The highest BCUT2D eigenvalue weighted by atomic mass is 31.1. The molecule has 1 amide bonds.